The highest BCUT2D eigenvalue weighted by Gasteiger charge is 2.19. The summed E-state index contributed by atoms with van der Waals surface area (Å²) in [6.45, 7) is 0. The smallest absolute Gasteiger partial charge is 0.268 e. The summed E-state index contributed by atoms with van der Waals surface area (Å²) in [6, 6.07) is 13.5. The molecule has 126 valence electrons. The van der Waals surface area contributed by atoms with E-state index in [1.807, 2.05) is 10.8 Å². The molecule has 0 bridgehead atoms. The second kappa shape index (κ2) is 7.65. The molecule has 2 aromatic carbocycles. The SMILES string of the molecule is COc1cccc(C(=O)NS(=O)(=O)C=Cc2ccccc2)c1OC. The van der Waals surface area contributed by atoms with Gasteiger partial charge in [0.1, 0.15) is 0 Å². The first kappa shape index (κ1) is 17.6. The Balaban J connectivity index is 2.21. The van der Waals surface area contributed by atoms with Gasteiger partial charge in [0, 0.05) is 0 Å². The standard InChI is InChI=1S/C17H17NO5S/c1-22-15-10-6-9-14(16(15)23-2)17(19)18-24(20,21)12-11-13-7-4-3-5-8-13/h3-12H,1-2H3,(H,18,19). The predicted octanol–water partition coefficient (Wildman–Crippen LogP) is 2.43. The summed E-state index contributed by atoms with van der Waals surface area (Å²) in [4.78, 5) is 12.3. The number of amides is 1. The van der Waals surface area contributed by atoms with Gasteiger partial charge >= 0.3 is 0 Å². The van der Waals surface area contributed by atoms with Gasteiger partial charge in [-0.25, -0.2) is 13.1 Å². The van der Waals surface area contributed by atoms with Crippen LogP contribution in [0.5, 0.6) is 11.5 Å². The fourth-order valence-corrected chi connectivity index (χ4v) is 2.79. The zero-order valence-corrected chi connectivity index (χ0v) is 14.0. The molecule has 2 rings (SSSR count). The Bertz CT molecular complexity index is 845. The third-order valence-corrected chi connectivity index (χ3v) is 4.09. The van der Waals surface area contributed by atoms with E-state index < -0.39 is 15.9 Å². The van der Waals surface area contributed by atoms with E-state index >= 15 is 0 Å². The minimum atomic E-state index is -3.95. The number of benzene rings is 2. The van der Waals surface area contributed by atoms with Crippen LogP contribution in [-0.2, 0) is 10.0 Å². The molecule has 0 saturated carbocycles. The molecule has 24 heavy (non-hydrogen) atoms. The number of hydrogen-bond donors (Lipinski definition) is 1. The topological polar surface area (TPSA) is 81.7 Å². The van der Waals surface area contributed by atoms with Crippen molar-refractivity contribution in [2.45, 2.75) is 0 Å². The van der Waals surface area contributed by atoms with E-state index in [0.717, 1.165) is 5.41 Å². The first-order chi connectivity index (χ1) is 11.5. The van der Waals surface area contributed by atoms with Crippen LogP contribution in [0, 0.1) is 0 Å². The molecule has 0 saturated heterocycles. The van der Waals surface area contributed by atoms with Gasteiger partial charge < -0.3 is 9.47 Å². The molecule has 0 atom stereocenters. The lowest BCUT2D eigenvalue weighted by molar-refractivity contribution is 0.0978. The van der Waals surface area contributed by atoms with Crippen molar-refractivity contribution in [2.24, 2.45) is 0 Å². The summed E-state index contributed by atoms with van der Waals surface area (Å²) in [5.74, 6) is -0.300. The van der Waals surface area contributed by atoms with Gasteiger partial charge in [0.05, 0.1) is 25.2 Å². The van der Waals surface area contributed by atoms with Gasteiger partial charge in [-0.3, -0.25) is 4.79 Å². The number of carbonyl (C=O) groups is 1. The second-order valence-corrected chi connectivity index (χ2v) is 6.30. The van der Waals surface area contributed by atoms with Crippen molar-refractivity contribution in [3.8, 4) is 11.5 Å². The van der Waals surface area contributed by atoms with Crippen molar-refractivity contribution in [3.63, 3.8) is 0 Å². The third kappa shape index (κ3) is 4.36. The van der Waals surface area contributed by atoms with E-state index in [9.17, 15) is 13.2 Å². The summed E-state index contributed by atoms with van der Waals surface area (Å²) in [5.41, 5.74) is 0.767. The van der Waals surface area contributed by atoms with Crippen LogP contribution in [0.4, 0.5) is 0 Å². The highest BCUT2D eigenvalue weighted by molar-refractivity contribution is 7.93. The van der Waals surface area contributed by atoms with Crippen molar-refractivity contribution in [2.75, 3.05) is 14.2 Å². The summed E-state index contributed by atoms with van der Waals surface area (Å²) < 4.78 is 36.3. The van der Waals surface area contributed by atoms with Gasteiger partial charge in [0.25, 0.3) is 15.9 Å². The fourth-order valence-electron chi connectivity index (χ4n) is 2.02. The minimum Gasteiger partial charge on any atom is -0.493 e. The Morgan fingerprint density at radius 3 is 2.33 bits per heavy atom. The maximum Gasteiger partial charge on any atom is 0.268 e. The molecule has 0 aliphatic rings. The van der Waals surface area contributed by atoms with E-state index in [4.69, 9.17) is 9.47 Å². The van der Waals surface area contributed by atoms with Crippen molar-refractivity contribution < 1.29 is 22.7 Å². The molecule has 1 amide bonds. The highest BCUT2D eigenvalue weighted by atomic mass is 32.2. The average Bonchev–Trinajstić information content (AvgIpc) is 2.59. The molecule has 0 aliphatic carbocycles. The Kier molecular flexibility index (Phi) is 5.59. The van der Waals surface area contributed by atoms with Crippen molar-refractivity contribution in [3.05, 3.63) is 65.1 Å². The molecule has 0 fully saturated rings. The molecule has 1 N–H and O–H groups in total. The summed E-state index contributed by atoms with van der Waals surface area (Å²) >= 11 is 0. The van der Waals surface area contributed by atoms with Crippen molar-refractivity contribution in [1.29, 1.82) is 0 Å². The molecular weight excluding hydrogens is 330 g/mol. The van der Waals surface area contributed by atoms with E-state index in [2.05, 4.69) is 0 Å². The number of ether oxygens (including phenoxy) is 2. The van der Waals surface area contributed by atoms with E-state index in [1.165, 1.54) is 26.4 Å². The first-order valence-electron chi connectivity index (χ1n) is 6.98. The number of carbonyl (C=O) groups excluding carboxylic acids is 1. The largest absolute Gasteiger partial charge is 0.493 e. The van der Waals surface area contributed by atoms with Gasteiger partial charge in [0.2, 0.25) is 0 Å². The molecule has 7 heteroatoms. The van der Waals surface area contributed by atoms with Crippen molar-refractivity contribution in [1.82, 2.24) is 4.72 Å². The van der Waals surface area contributed by atoms with E-state index in [-0.39, 0.29) is 11.3 Å². The Morgan fingerprint density at radius 2 is 1.71 bits per heavy atom. The monoisotopic (exact) mass is 347 g/mol. The van der Waals surface area contributed by atoms with Crippen LogP contribution in [-0.4, -0.2) is 28.5 Å². The molecule has 0 heterocycles. The quantitative estimate of drug-likeness (QED) is 0.868. The Hall–Kier alpha value is -2.80. The number of nitrogens with one attached hydrogen (secondary N) is 1. The molecule has 0 spiro atoms. The van der Waals surface area contributed by atoms with Gasteiger partial charge in [-0.15, -0.1) is 0 Å². The lowest BCUT2D eigenvalue weighted by Gasteiger charge is -2.11. The first-order valence-corrected chi connectivity index (χ1v) is 8.53. The number of methoxy groups -OCH3 is 2. The van der Waals surface area contributed by atoms with Crippen LogP contribution in [0.1, 0.15) is 15.9 Å². The Morgan fingerprint density at radius 1 is 1.00 bits per heavy atom. The lowest BCUT2D eigenvalue weighted by Crippen LogP contribution is -2.29. The van der Waals surface area contributed by atoms with Crippen molar-refractivity contribution >= 4 is 22.0 Å². The molecule has 0 aromatic heterocycles. The normalized spacial score (nSPS) is 11.2. The van der Waals surface area contributed by atoms with Crippen LogP contribution in [0.3, 0.4) is 0 Å². The maximum absolute atomic E-state index is 12.3. The minimum absolute atomic E-state index is 0.0635. The average molecular weight is 347 g/mol. The number of rotatable bonds is 6. The molecule has 6 nitrogen and oxygen atoms in total. The highest BCUT2D eigenvalue weighted by Crippen LogP contribution is 2.30. The fraction of sp³-hybridized carbons (Fsp3) is 0.118. The summed E-state index contributed by atoms with van der Waals surface area (Å²) in [6.07, 6.45) is 1.40. The lowest BCUT2D eigenvalue weighted by atomic mass is 10.2. The second-order valence-electron chi connectivity index (χ2n) is 4.73. The van der Waals surface area contributed by atoms with Crippen LogP contribution >= 0.6 is 0 Å². The van der Waals surface area contributed by atoms with Crippen LogP contribution in [0.15, 0.2) is 53.9 Å². The maximum atomic E-state index is 12.3. The predicted molar refractivity (Wildman–Crippen MR) is 91.4 cm³/mol. The number of para-hydroxylation sites is 1. The molecule has 0 aliphatic heterocycles. The van der Waals surface area contributed by atoms with Gasteiger partial charge in [-0.05, 0) is 23.8 Å². The zero-order valence-electron chi connectivity index (χ0n) is 13.2. The zero-order chi connectivity index (χ0) is 17.6. The Labute approximate surface area is 140 Å². The van der Waals surface area contributed by atoms with E-state index in [0.29, 0.717) is 11.3 Å². The van der Waals surface area contributed by atoms with Gasteiger partial charge in [-0.1, -0.05) is 36.4 Å². The third-order valence-electron chi connectivity index (χ3n) is 3.12. The summed E-state index contributed by atoms with van der Waals surface area (Å²) in [5, 5.41) is 0.937. The van der Waals surface area contributed by atoms with Crippen LogP contribution < -0.4 is 14.2 Å². The van der Waals surface area contributed by atoms with Crippen LogP contribution in [0.25, 0.3) is 6.08 Å². The molecular formula is C17H17NO5S. The number of sulfonamides is 1. The van der Waals surface area contributed by atoms with Crippen LogP contribution in [0.2, 0.25) is 0 Å². The van der Waals surface area contributed by atoms with Gasteiger partial charge in [0.15, 0.2) is 11.5 Å². The molecule has 0 radical (unpaired) electrons. The summed E-state index contributed by atoms with van der Waals surface area (Å²) in [7, 11) is -1.15. The molecule has 0 unspecified atom stereocenters. The van der Waals surface area contributed by atoms with Gasteiger partial charge in [-0.2, -0.15) is 0 Å². The molecule has 2 aromatic rings. The van der Waals surface area contributed by atoms with E-state index in [1.54, 1.807) is 36.4 Å². The number of hydrogen-bond acceptors (Lipinski definition) is 5.